The van der Waals surface area contributed by atoms with E-state index in [1.165, 1.54) is 23.3 Å². The largest absolute Gasteiger partial charge is 0.416 e. The number of anilines is 1. The third-order valence-corrected chi connectivity index (χ3v) is 3.93. The van der Waals surface area contributed by atoms with Crippen molar-refractivity contribution in [3.63, 3.8) is 0 Å². The summed E-state index contributed by atoms with van der Waals surface area (Å²) in [5, 5.41) is 3.33. The molecule has 1 nitrogen and oxygen atoms in total. The molecule has 0 heterocycles. The van der Waals surface area contributed by atoms with Crippen LogP contribution in [0.1, 0.15) is 23.1 Å². The zero-order chi connectivity index (χ0) is 14.9. The van der Waals surface area contributed by atoms with Crippen molar-refractivity contribution < 1.29 is 13.2 Å². The Morgan fingerprint density at radius 3 is 2.24 bits per heavy atom. The summed E-state index contributed by atoms with van der Waals surface area (Å²) in [4.78, 5) is 0. The zero-order valence-electron chi connectivity index (χ0n) is 11.5. The van der Waals surface area contributed by atoms with E-state index in [9.17, 15) is 13.2 Å². The zero-order valence-corrected chi connectivity index (χ0v) is 11.5. The lowest BCUT2D eigenvalue weighted by molar-refractivity contribution is -0.137. The van der Waals surface area contributed by atoms with E-state index >= 15 is 0 Å². The predicted molar refractivity (Wildman–Crippen MR) is 77.3 cm³/mol. The Labute approximate surface area is 121 Å². The molecule has 0 aliphatic heterocycles. The van der Waals surface area contributed by atoms with Crippen LogP contribution in [-0.4, -0.2) is 6.04 Å². The van der Waals surface area contributed by atoms with Crippen molar-refractivity contribution in [3.05, 3.63) is 65.2 Å². The molecule has 2 aromatic carbocycles. The van der Waals surface area contributed by atoms with Gasteiger partial charge < -0.3 is 5.32 Å². The average molecular weight is 291 g/mol. The Kier molecular flexibility index (Phi) is 3.62. The van der Waals surface area contributed by atoms with E-state index in [2.05, 4.69) is 17.4 Å². The molecule has 1 aliphatic carbocycles. The molecule has 0 fully saturated rings. The van der Waals surface area contributed by atoms with E-state index in [0.29, 0.717) is 0 Å². The molecule has 0 aromatic heterocycles. The summed E-state index contributed by atoms with van der Waals surface area (Å²) < 4.78 is 37.6. The molecular formula is C17H16F3N. The van der Waals surface area contributed by atoms with Crippen molar-refractivity contribution >= 4 is 5.69 Å². The van der Waals surface area contributed by atoms with Crippen molar-refractivity contribution in [2.75, 3.05) is 5.32 Å². The third-order valence-electron chi connectivity index (χ3n) is 3.93. The second-order valence-electron chi connectivity index (χ2n) is 5.43. The highest BCUT2D eigenvalue weighted by Crippen LogP contribution is 2.30. The smallest absolute Gasteiger partial charge is 0.382 e. The second kappa shape index (κ2) is 5.43. The lowest BCUT2D eigenvalue weighted by atomic mass is 9.88. The Hall–Kier alpha value is -1.97. The van der Waals surface area contributed by atoms with Gasteiger partial charge in [-0.1, -0.05) is 24.3 Å². The summed E-state index contributed by atoms with van der Waals surface area (Å²) in [5.74, 6) is 0. The molecule has 21 heavy (non-hydrogen) atoms. The molecule has 0 saturated carbocycles. The molecule has 0 bridgehead atoms. The van der Waals surface area contributed by atoms with Crippen LogP contribution in [-0.2, 0) is 19.0 Å². The topological polar surface area (TPSA) is 12.0 Å². The quantitative estimate of drug-likeness (QED) is 0.847. The van der Waals surface area contributed by atoms with E-state index in [1.807, 2.05) is 12.1 Å². The lowest BCUT2D eigenvalue weighted by Crippen LogP contribution is -2.27. The van der Waals surface area contributed by atoms with E-state index in [-0.39, 0.29) is 6.04 Å². The molecule has 1 aliphatic rings. The maximum atomic E-state index is 12.5. The average Bonchev–Trinajstić information content (AvgIpc) is 2.47. The van der Waals surface area contributed by atoms with Gasteiger partial charge in [-0.25, -0.2) is 0 Å². The van der Waals surface area contributed by atoms with Gasteiger partial charge in [-0.3, -0.25) is 0 Å². The highest BCUT2D eigenvalue weighted by Gasteiger charge is 2.30. The Balaban J connectivity index is 1.68. The Morgan fingerprint density at radius 1 is 0.905 bits per heavy atom. The van der Waals surface area contributed by atoms with Gasteiger partial charge in [0.05, 0.1) is 5.56 Å². The number of hydrogen-bond donors (Lipinski definition) is 1. The Bertz CT molecular complexity index is 617. The van der Waals surface area contributed by atoms with Crippen molar-refractivity contribution in [1.29, 1.82) is 0 Å². The van der Waals surface area contributed by atoms with Crippen LogP contribution in [0.5, 0.6) is 0 Å². The normalized spacial score (nSPS) is 18.1. The molecule has 1 N–H and O–H groups in total. The van der Waals surface area contributed by atoms with Crippen LogP contribution < -0.4 is 5.32 Å². The first-order valence-electron chi connectivity index (χ1n) is 7.03. The fourth-order valence-electron chi connectivity index (χ4n) is 2.81. The number of halogens is 3. The van der Waals surface area contributed by atoms with Crippen LogP contribution in [0.3, 0.4) is 0 Å². The van der Waals surface area contributed by atoms with Crippen LogP contribution in [0.25, 0.3) is 0 Å². The molecule has 0 spiro atoms. The first-order valence-corrected chi connectivity index (χ1v) is 7.03. The van der Waals surface area contributed by atoms with Gasteiger partial charge in [-0.15, -0.1) is 0 Å². The predicted octanol–water partition coefficient (Wildman–Crippen LogP) is 4.67. The van der Waals surface area contributed by atoms with Gasteiger partial charge in [-0.2, -0.15) is 13.2 Å². The molecule has 2 aromatic rings. The van der Waals surface area contributed by atoms with Crippen LogP contribution in [0.4, 0.5) is 18.9 Å². The number of hydrogen-bond acceptors (Lipinski definition) is 1. The van der Waals surface area contributed by atoms with Crippen LogP contribution in [0, 0.1) is 0 Å². The minimum Gasteiger partial charge on any atom is -0.382 e. The van der Waals surface area contributed by atoms with Crippen molar-refractivity contribution in [1.82, 2.24) is 0 Å². The van der Waals surface area contributed by atoms with Gasteiger partial charge in [0.25, 0.3) is 0 Å². The third kappa shape index (κ3) is 3.20. The summed E-state index contributed by atoms with van der Waals surface area (Å²) in [7, 11) is 0. The summed E-state index contributed by atoms with van der Waals surface area (Å²) in [5.41, 5.74) is 2.84. The molecule has 110 valence electrons. The highest BCUT2D eigenvalue weighted by molar-refractivity contribution is 5.47. The maximum Gasteiger partial charge on any atom is 0.416 e. The van der Waals surface area contributed by atoms with E-state index in [1.54, 1.807) is 0 Å². The van der Waals surface area contributed by atoms with E-state index in [4.69, 9.17) is 0 Å². The molecule has 1 atom stereocenters. The summed E-state index contributed by atoms with van der Waals surface area (Å²) in [6.45, 7) is 0. The standard InChI is InChI=1S/C17H16F3N/c18-17(19,20)14-6-9-15(10-7-14)21-16-8-5-12-3-1-2-4-13(12)11-16/h1-4,6-7,9-10,16,21H,5,8,11H2. The minimum absolute atomic E-state index is 0.275. The molecule has 4 heteroatoms. The summed E-state index contributed by atoms with van der Waals surface area (Å²) in [6, 6.07) is 13.9. The van der Waals surface area contributed by atoms with E-state index < -0.39 is 11.7 Å². The number of nitrogens with one attached hydrogen (secondary N) is 1. The number of alkyl halides is 3. The van der Waals surface area contributed by atoms with Gasteiger partial charge in [0.15, 0.2) is 0 Å². The van der Waals surface area contributed by atoms with Crippen molar-refractivity contribution in [2.45, 2.75) is 31.5 Å². The number of aryl methyl sites for hydroxylation is 1. The summed E-state index contributed by atoms with van der Waals surface area (Å²) >= 11 is 0. The highest BCUT2D eigenvalue weighted by atomic mass is 19.4. The van der Waals surface area contributed by atoms with Gasteiger partial charge in [0.1, 0.15) is 0 Å². The molecule has 0 amide bonds. The van der Waals surface area contributed by atoms with Crippen molar-refractivity contribution in [2.24, 2.45) is 0 Å². The second-order valence-corrected chi connectivity index (χ2v) is 5.43. The van der Waals surface area contributed by atoms with Gasteiger partial charge >= 0.3 is 6.18 Å². The fraction of sp³-hybridized carbons (Fsp3) is 0.294. The van der Waals surface area contributed by atoms with E-state index in [0.717, 1.165) is 37.1 Å². The Morgan fingerprint density at radius 2 is 1.57 bits per heavy atom. The lowest BCUT2D eigenvalue weighted by Gasteiger charge is -2.26. The molecule has 0 saturated heterocycles. The monoisotopic (exact) mass is 291 g/mol. The van der Waals surface area contributed by atoms with Gasteiger partial charge in [0.2, 0.25) is 0 Å². The SMILES string of the molecule is FC(F)(F)c1ccc(NC2CCc3ccccc3C2)cc1. The number of benzene rings is 2. The summed E-state index contributed by atoms with van der Waals surface area (Å²) in [6.07, 6.45) is -1.36. The van der Waals surface area contributed by atoms with Crippen LogP contribution in [0.15, 0.2) is 48.5 Å². The molecule has 0 radical (unpaired) electrons. The number of fused-ring (bicyclic) bond motifs is 1. The molecule has 3 rings (SSSR count). The van der Waals surface area contributed by atoms with Crippen LogP contribution >= 0.6 is 0 Å². The van der Waals surface area contributed by atoms with Gasteiger partial charge in [-0.05, 0) is 54.7 Å². The van der Waals surface area contributed by atoms with Crippen LogP contribution in [0.2, 0.25) is 0 Å². The molecule has 1 unspecified atom stereocenters. The first kappa shape index (κ1) is 14.0. The number of rotatable bonds is 2. The molecular weight excluding hydrogens is 275 g/mol. The maximum absolute atomic E-state index is 12.5. The first-order chi connectivity index (χ1) is 10.0. The van der Waals surface area contributed by atoms with Crippen molar-refractivity contribution in [3.8, 4) is 0 Å². The fourth-order valence-corrected chi connectivity index (χ4v) is 2.81. The van der Waals surface area contributed by atoms with Gasteiger partial charge in [0, 0.05) is 11.7 Å². The minimum atomic E-state index is -4.28.